The molecule has 1 aliphatic rings. The molecule has 0 radical (unpaired) electrons. The van der Waals surface area contributed by atoms with Crippen LogP contribution >= 0.6 is 24.0 Å². The van der Waals surface area contributed by atoms with E-state index in [0.717, 1.165) is 44.6 Å². The van der Waals surface area contributed by atoms with Crippen LogP contribution in [0.4, 0.5) is 0 Å². The number of nitrogens with one attached hydrogen (secondary N) is 1. The van der Waals surface area contributed by atoms with Crippen molar-refractivity contribution in [2.24, 2.45) is 10.9 Å². The van der Waals surface area contributed by atoms with Crippen molar-refractivity contribution in [1.82, 2.24) is 10.2 Å². The smallest absolute Gasteiger partial charge is 0.193 e. The topological polar surface area (TPSA) is 36.9 Å². The fourth-order valence-corrected chi connectivity index (χ4v) is 1.66. The second kappa shape index (κ2) is 11.5. The van der Waals surface area contributed by atoms with Crippen LogP contribution in [-0.4, -0.2) is 51.3 Å². The first-order chi connectivity index (χ1) is 8.77. The Morgan fingerprint density at radius 1 is 1.47 bits per heavy atom. The summed E-state index contributed by atoms with van der Waals surface area (Å²) in [5, 5.41) is 3.34. The van der Waals surface area contributed by atoms with Crippen molar-refractivity contribution >= 4 is 29.9 Å². The SMILES string of the molecule is C/C=C/CCNC(=NC)N(C)CCOCC1CC1.I. The maximum Gasteiger partial charge on any atom is 0.193 e. The molecular formula is C14H28IN3O. The third kappa shape index (κ3) is 9.27. The van der Waals surface area contributed by atoms with E-state index in [-0.39, 0.29) is 24.0 Å². The number of guanidine groups is 1. The summed E-state index contributed by atoms with van der Waals surface area (Å²) >= 11 is 0. The van der Waals surface area contributed by atoms with Gasteiger partial charge in [0, 0.05) is 33.8 Å². The summed E-state index contributed by atoms with van der Waals surface area (Å²) in [6.07, 6.45) is 7.95. The van der Waals surface area contributed by atoms with E-state index >= 15 is 0 Å². The lowest BCUT2D eigenvalue weighted by molar-refractivity contribution is 0.115. The summed E-state index contributed by atoms with van der Waals surface area (Å²) in [5.74, 6) is 1.78. The molecule has 19 heavy (non-hydrogen) atoms. The normalized spacial score (nSPS) is 15.4. The first-order valence-electron chi connectivity index (χ1n) is 6.88. The molecule has 0 amide bonds. The molecule has 5 heteroatoms. The molecule has 1 rings (SSSR count). The minimum atomic E-state index is 0. The van der Waals surface area contributed by atoms with Crippen LogP contribution < -0.4 is 5.32 Å². The molecule has 112 valence electrons. The largest absolute Gasteiger partial charge is 0.379 e. The number of ether oxygens (including phenoxy) is 1. The summed E-state index contributed by atoms with van der Waals surface area (Å²) in [6.45, 7) is 5.56. The van der Waals surface area contributed by atoms with Gasteiger partial charge >= 0.3 is 0 Å². The number of nitrogens with zero attached hydrogens (tertiary/aromatic N) is 2. The average molecular weight is 381 g/mol. The zero-order valence-electron chi connectivity index (χ0n) is 12.4. The van der Waals surface area contributed by atoms with Crippen LogP contribution in [-0.2, 0) is 4.74 Å². The lowest BCUT2D eigenvalue weighted by atomic mass is 10.4. The molecule has 0 heterocycles. The Hall–Kier alpha value is -0.300. The van der Waals surface area contributed by atoms with E-state index in [1.807, 2.05) is 21.0 Å². The average Bonchev–Trinajstić information content (AvgIpc) is 3.18. The summed E-state index contributed by atoms with van der Waals surface area (Å²) in [5.41, 5.74) is 0. The molecule has 0 aromatic carbocycles. The Kier molecular flexibility index (Phi) is 11.3. The van der Waals surface area contributed by atoms with Gasteiger partial charge in [-0.3, -0.25) is 4.99 Å². The number of allylic oxidation sites excluding steroid dienone is 1. The molecule has 4 nitrogen and oxygen atoms in total. The van der Waals surface area contributed by atoms with Crippen molar-refractivity contribution in [2.75, 3.05) is 40.4 Å². The molecule has 0 aliphatic heterocycles. The molecular weight excluding hydrogens is 353 g/mol. The minimum absolute atomic E-state index is 0. The van der Waals surface area contributed by atoms with Crippen LogP contribution in [0.2, 0.25) is 0 Å². The molecule has 0 bridgehead atoms. The Labute approximate surface area is 134 Å². The molecule has 1 N–H and O–H groups in total. The van der Waals surface area contributed by atoms with Gasteiger partial charge in [-0.25, -0.2) is 0 Å². The second-order valence-electron chi connectivity index (χ2n) is 4.77. The highest BCUT2D eigenvalue weighted by molar-refractivity contribution is 14.0. The Balaban J connectivity index is 0.00000324. The number of aliphatic imine (C=N–C) groups is 1. The number of likely N-dealkylation sites (N-methyl/N-ethyl adjacent to an activating group) is 1. The van der Waals surface area contributed by atoms with Gasteiger partial charge in [-0.1, -0.05) is 12.2 Å². The predicted octanol–water partition coefficient (Wildman–Crippen LogP) is 2.50. The van der Waals surface area contributed by atoms with E-state index in [1.54, 1.807) is 0 Å². The van der Waals surface area contributed by atoms with Crippen molar-refractivity contribution in [1.29, 1.82) is 0 Å². The van der Waals surface area contributed by atoms with Crippen LogP contribution in [0.15, 0.2) is 17.1 Å². The van der Waals surface area contributed by atoms with Gasteiger partial charge in [0.25, 0.3) is 0 Å². The molecule has 0 saturated heterocycles. The standard InChI is InChI=1S/C14H27N3O.HI/c1-4-5-6-9-16-14(15-2)17(3)10-11-18-12-13-7-8-13;/h4-5,13H,6-12H2,1-3H3,(H,15,16);1H/b5-4+;. The Morgan fingerprint density at radius 2 is 2.21 bits per heavy atom. The van der Waals surface area contributed by atoms with Gasteiger partial charge in [0.2, 0.25) is 0 Å². The molecule has 1 saturated carbocycles. The van der Waals surface area contributed by atoms with Gasteiger partial charge in [0.15, 0.2) is 5.96 Å². The van der Waals surface area contributed by atoms with Crippen LogP contribution in [0.25, 0.3) is 0 Å². The van der Waals surface area contributed by atoms with Crippen molar-refractivity contribution in [3.05, 3.63) is 12.2 Å². The van der Waals surface area contributed by atoms with Crippen molar-refractivity contribution in [3.63, 3.8) is 0 Å². The first kappa shape index (κ1) is 18.7. The highest BCUT2D eigenvalue weighted by atomic mass is 127. The highest BCUT2D eigenvalue weighted by Crippen LogP contribution is 2.28. The molecule has 0 aromatic rings. The number of halogens is 1. The van der Waals surface area contributed by atoms with Gasteiger partial charge in [0.1, 0.15) is 0 Å². The number of hydrogen-bond acceptors (Lipinski definition) is 2. The Bertz CT molecular complexity index is 278. The molecule has 0 atom stereocenters. The zero-order valence-corrected chi connectivity index (χ0v) is 14.7. The Morgan fingerprint density at radius 3 is 2.79 bits per heavy atom. The van der Waals surface area contributed by atoms with Crippen LogP contribution in [0.5, 0.6) is 0 Å². The van der Waals surface area contributed by atoms with Gasteiger partial charge in [-0.15, -0.1) is 24.0 Å². The summed E-state index contributed by atoms with van der Waals surface area (Å²) < 4.78 is 5.63. The van der Waals surface area contributed by atoms with Gasteiger partial charge in [-0.2, -0.15) is 0 Å². The summed E-state index contributed by atoms with van der Waals surface area (Å²) in [7, 11) is 3.87. The third-order valence-corrected chi connectivity index (χ3v) is 3.02. The number of hydrogen-bond donors (Lipinski definition) is 1. The quantitative estimate of drug-likeness (QED) is 0.231. The van der Waals surface area contributed by atoms with E-state index in [0.29, 0.717) is 0 Å². The van der Waals surface area contributed by atoms with Gasteiger partial charge in [0.05, 0.1) is 6.61 Å². The molecule has 1 aliphatic carbocycles. The van der Waals surface area contributed by atoms with Crippen molar-refractivity contribution in [3.8, 4) is 0 Å². The maximum absolute atomic E-state index is 5.63. The van der Waals surface area contributed by atoms with Crippen LogP contribution in [0.1, 0.15) is 26.2 Å². The molecule has 1 fully saturated rings. The predicted molar refractivity (Wildman–Crippen MR) is 92.4 cm³/mol. The van der Waals surface area contributed by atoms with E-state index in [1.165, 1.54) is 12.8 Å². The lowest BCUT2D eigenvalue weighted by Gasteiger charge is -2.21. The van der Waals surface area contributed by atoms with Crippen molar-refractivity contribution < 1.29 is 4.74 Å². The number of rotatable bonds is 8. The summed E-state index contributed by atoms with van der Waals surface area (Å²) in [6, 6.07) is 0. The lowest BCUT2D eigenvalue weighted by Crippen LogP contribution is -2.40. The van der Waals surface area contributed by atoms with E-state index in [9.17, 15) is 0 Å². The molecule has 0 unspecified atom stereocenters. The van der Waals surface area contributed by atoms with Gasteiger partial charge in [-0.05, 0) is 32.1 Å². The zero-order chi connectivity index (χ0) is 13.2. The second-order valence-corrected chi connectivity index (χ2v) is 4.77. The highest BCUT2D eigenvalue weighted by Gasteiger charge is 2.21. The monoisotopic (exact) mass is 381 g/mol. The van der Waals surface area contributed by atoms with Crippen molar-refractivity contribution in [2.45, 2.75) is 26.2 Å². The van der Waals surface area contributed by atoms with E-state index in [2.05, 4.69) is 27.4 Å². The van der Waals surface area contributed by atoms with Crippen LogP contribution in [0.3, 0.4) is 0 Å². The van der Waals surface area contributed by atoms with E-state index in [4.69, 9.17) is 4.74 Å². The van der Waals surface area contributed by atoms with E-state index < -0.39 is 0 Å². The molecule has 0 spiro atoms. The molecule has 0 aromatic heterocycles. The summed E-state index contributed by atoms with van der Waals surface area (Å²) in [4.78, 5) is 6.38. The van der Waals surface area contributed by atoms with Gasteiger partial charge < -0.3 is 15.0 Å². The third-order valence-electron chi connectivity index (χ3n) is 3.02. The maximum atomic E-state index is 5.63. The first-order valence-corrected chi connectivity index (χ1v) is 6.88. The minimum Gasteiger partial charge on any atom is -0.379 e. The fraction of sp³-hybridized carbons (Fsp3) is 0.786. The van der Waals surface area contributed by atoms with Crippen LogP contribution in [0, 0.1) is 5.92 Å². The fourth-order valence-electron chi connectivity index (χ4n) is 1.66.